The number of aromatic nitrogens is 4. The van der Waals surface area contributed by atoms with E-state index in [-0.39, 0.29) is 18.7 Å². The van der Waals surface area contributed by atoms with E-state index in [9.17, 15) is 10.1 Å². The Hall–Kier alpha value is -3.96. The van der Waals surface area contributed by atoms with Gasteiger partial charge in [0.25, 0.3) is 5.56 Å². The van der Waals surface area contributed by atoms with Crippen molar-refractivity contribution >= 4 is 10.8 Å². The minimum atomic E-state index is -0.264. The predicted octanol–water partition coefficient (Wildman–Crippen LogP) is 2.23. The Bertz CT molecular complexity index is 1300. The maximum atomic E-state index is 12.1. The molecule has 0 aliphatic rings. The summed E-state index contributed by atoms with van der Waals surface area (Å²) in [5.41, 5.74) is 9.08. The molecule has 0 saturated carbocycles. The maximum absolute atomic E-state index is 12.1. The Kier molecular flexibility index (Phi) is 4.81. The van der Waals surface area contributed by atoms with Crippen LogP contribution in [0, 0.1) is 11.3 Å². The number of aryl methyl sites for hydroxylation is 1. The van der Waals surface area contributed by atoms with E-state index in [4.69, 9.17) is 10.5 Å². The van der Waals surface area contributed by atoms with E-state index in [1.807, 2.05) is 30.3 Å². The van der Waals surface area contributed by atoms with Gasteiger partial charge in [-0.2, -0.15) is 15.5 Å². The van der Waals surface area contributed by atoms with E-state index in [1.54, 1.807) is 30.1 Å². The van der Waals surface area contributed by atoms with Crippen molar-refractivity contribution < 1.29 is 4.74 Å². The zero-order valence-corrected chi connectivity index (χ0v) is 15.7. The third-order valence-electron chi connectivity index (χ3n) is 4.76. The second-order valence-electron chi connectivity index (χ2n) is 6.51. The number of nitrogens with two attached hydrogens (primary N) is 1. The number of nitriles is 1. The van der Waals surface area contributed by atoms with Crippen LogP contribution in [0.1, 0.15) is 16.8 Å². The van der Waals surface area contributed by atoms with E-state index in [0.717, 1.165) is 16.7 Å². The molecule has 0 aliphatic carbocycles. The maximum Gasteiger partial charge on any atom is 0.272 e. The number of fused-ring (bicyclic) bond motifs is 1. The van der Waals surface area contributed by atoms with Gasteiger partial charge < -0.3 is 10.5 Å². The summed E-state index contributed by atoms with van der Waals surface area (Å²) < 4.78 is 7.66. The number of nitrogens with one attached hydrogen (secondary N) is 1. The van der Waals surface area contributed by atoms with E-state index >= 15 is 0 Å². The first-order valence-corrected chi connectivity index (χ1v) is 8.97. The van der Waals surface area contributed by atoms with Crippen LogP contribution in [0.25, 0.3) is 21.9 Å². The van der Waals surface area contributed by atoms with Crippen LogP contribution in [-0.4, -0.2) is 20.0 Å². The fraction of sp³-hybridized carbons (Fsp3) is 0.143. The largest absolute Gasteiger partial charge is 0.472 e. The highest BCUT2D eigenvalue weighted by molar-refractivity contribution is 5.88. The summed E-state index contributed by atoms with van der Waals surface area (Å²) >= 11 is 0. The van der Waals surface area contributed by atoms with Crippen LogP contribution in [0.4, 0.5) is 0 Å². The van der Waals surface area contributed by atoms with Gasteiger partial charge in [-0.1, -0.05) is 24.3 Å². The second-order valence-corrected chi connectivity index (χ2v) is 6.51. The van der Waals surface area contributed by atoms with Crippen molar-refractivity contribution in [3.63, 3.8) is 0 Å². The standard InChI is InChI=1S/C21H18N6O2/c1-27-21(29-12-15-5-3-2-4-14(15)9-22)18(11-24-27)13-6-7-16-17(8-13)19(10-23)25-26-20(16)28/h2-8,11H,10,12,23H2,1H3,(H,26,28). The van der Waals surface area contributed by atoms with Gasteiger partial charge in [0.05, 0.1) is 34.5 Å². The van der Waals surface area contributed by atoms with Crippen LogP contribution in [0.3, 0.4) is 0 Å². The summed E-state index contributed by atoms with van der Waals surface area (Å²) in [7, 11) is 1.79. The lowest BCUT2D eigenvalue weighted by molar-refractivity contribution is 0.279. The number of benzene rings is 2. The molecular weight excluding hydrogens is 368 g/mol. The predicted molar refractivity (Wildman–Crippen MR) is 108 cm³/mol. The molecule has 4 aromatic rings. The van der Waals surface area contributed by atoms with Crippen LogP contribution in [0.15, 0.2) is 53.5 Å². The number of aromatic amines is 1. The summed E-state index contributed by atoms with van der Waals surface area (Å²) in [6.07, 6.45) is 1.70. The minimum absolute atomic E-state index is 0.206. The number of rotatable bonds is 5. The average Bonchev–Trinajstić information content (AvgIpc) is 3.12. The first kappa shape index (κ1) is 18.4. The molecule has 0 fully saturated rings. The summed E-state index contributed by atoms with van der Waals surface area (Å²) in [5, 5.41) is 21.3. The molecular formula is C21H18N6O2. The van der Waals surface area contributed by atoms with Gasteiger partial charge in [0.1, 0.15) is 6.61 Å². The quantitative estimate of drug-likeness (QED) is 0.542. The highest BCUT2D eigenvalue weighted by Gasteiger charge is 2.15. The van der Waals surface area contributed by atoms with Crippen molar-refractivity contribution in [1.29, 1.82) is 5.26 Å². The molecule has 2 aromatic carbocycles. The summed E-state index contributed by atoms with van der Waals surface area (Å²) in [6, 6.07) is 14.9. The topological polar surface area (TPSA) is 123 Å². The lowest BCUT2D eigenvalue weighted by Gasteiger charge is -2.11. The second kappa shape index (κ2) is 7.58. The van der Waals surface area contributed by atoms with Crippen LogP contribution in [0.5, 0.6) is 5.88 Å². The van der Waals surface area contributed by atoms with Gasteiger partial charge >= 0.3 is 0 Å². The fourth-order valence-corrected chi connectivity index (χ4v) is 3.24. The Morgan fingerprint density at radius 2 is 2.07 bits per heavy atom. The average molecular weight is 386 g/mol. The summed E-state index contributed by atoms with van der Waals surface area (Å²) in [6.45, 7) is 0.442. The van der Waals surface area contributed by atoms with Crippen molar-refractivity contribution in [3.05, 3.63) is 75.8 Å². The van der Waals surface area contributed by atoms with E-state index in [2.05, 4.69) is 21.4 Å². The number of H-pyrrole nitrogens is 1. The van der Waals surface area contributed by atoms with E-state index < -0.39 is 0 Å². The number of nitrogens with zero attached hydrogens (tertiary/aromatic N) is 4. The lowest BCUT2D eigenvalue weighted by Crippen LogP contribution is -2.13. The van der Waals surface area contributed by atoms with Gasteiger partial charge in [0, 0.05) is 24.5 Å². The molecule has 8 nitrogen and oxygen atoms in total. The monoisotopic (exact) mass is 386 g/mol. The van der Waals surface area contributed by atoms with Crippen LogP contribution >= 0.6 is 0 Å². The third kappa shape index (κ3) is 3.35. The molecule has 0 atom stereocenters. The summed E-state index contributed by atoms with van der Waals surface area (Å²) in [5.74, 6) is 0.559. The van der Waals surface area contributed by atoms with Crippen LogP contribution in [0.2, 0.25) is 0 Å². The molecule has 0 radical (unpaired) electrons. The SMILES string of the molecule is Cn1ncc(-c2ccc3c(=O)[nH]nc(CN)c3c2)c1OCc1ccccc1C#N. The van der Waals surface area contributed by atoms with Crippen molar-refractivity contribution in [3.8, 4) is 23.1 Å². The van der Waals surface area contributed by atoms with Crippen molar-refractivity contribution in [1.82, 2.24) is 20.0 Å². The first-order chi connectivity index (χ1) is 14.1. The third-order valence-corrected chi connectivity index (χ3v) is 4.76. The molecule has 0 bridgehead atoms. The lowest BCUT2D eigenvalue weighted by atomic mass is 10.0. The number of hydrogen-bond donors (Lipinski definition) is 2. The van der Waals surface area contributed by atoms with Gasteiger partial charge in [-0.3, -0.25) is 4.79 Å². The van der Waals surface area contributed by atoms with E-state index in [1.165, 1.54) is 0 Å². The van der Waals surface area contributed by atoms with Gasteiger partial charge in [-0.25, -0.2) is 9.78 Å². The minimum Gasteiger partial charge on any atom is -0.472 e. The smallest absolute Gasteiger partial charge is 0.272 e. The molecule has 0 amide bonds. The fourth-order valence-electron chi connectivity index (χ4n) is 3.24. The molecule has 0 unspecified atom stereocenters. The Morgan fingerprint density at radius 3 is 2.86 bits per heavy atom. The van der Waals surface area contributed by atoms with Gasteiger partial charge in [-0.15, -0.1) is 0 Å². The molecule has 2 aromatic heterocycles. The first-order valence-electron chi connectivity index (χ1n) is 8.97. The van der Waals surface area contributed by atoms with Crippen molar-refractivity contribution in [2.45, 2.75) is 13.2 Å². The van der Waals surface area contributed by atoms with Gasteiger partial charge in [-0.05, 0) is 23.8 Å². The highest BCUT2D eigenvalue weighted by atomic mass is 16.5. The molecule has 0 aliphatic heterocycles. The molecule has 0 spiro atoms. The van der Waals surface area contributed by atoms with Crippen molar-refractivity contribution in [2.75, 3.05) is 0 Å². The number of ether oxygens (including phenoxy) is 1. The molecule has 144 valence electrons. The van der Waals surface area contributed by atoms with Crippen molar-refractivity contribution in [2.24, 2.45) is 12.8 Å². The number of hydrogen-bond acceptors (Lipinski definition) is 6. The zero-order valence-electron chi connectivity index (χ0n) is 15.7. The molecule has 4 rings (SSSR count). The van der Waals surface area contributed by atoms with Gasteiger partial charge in [0.15, 0.2) is 0 Å². The van der Waals surface area contributed by atoms with Crippen LogP contribution in [-0.2, 0) is 20.2 Å². The molecule has 8 heteroatoms. The summed E-state index contributed by atoms with van der Waals surface area (Å²) in [4.78, 5) is 12.1. The molecule has 0 saturated heterocycles. The van der Waals surface area contributed by atoms with Gasteiger partial charge in [0.2, 0.25) is 5.88 Å². The molecule has 3 N–H and O–H groups in total. The zero-order chi connectivity index (χ0) is 20.4. The Labute approximate surface area is 166 Å². The molecule has 2 heterocycles. The van der Waals surface area contributed by atoms with Crippen LogP contribution < -0.4 is 16.0 Å². The Balaban J connectivity index is 1.74. The normalized spacial score (nSPS) is 10.8. The highest BCUT2D eigenvalue weighted by Crippen LogP contribution is 2.32. The Morgan fingerprint density at radius 1 is 1.24 bits per heavy atom. The molecule has 29 heavy (non-hydrogen) atoms. The van der Waals surface area contributed by atoms with E-state index in [0.29, 0.717) is 27.9 Å².